The largest absolute Gasteiger partial charge is 0.333 e. The van der Waals surface area contributed by atoms with Crippen LogP contribution in [0.2, 0.25) is 0 Å². The Morgan fingerprint density at radius 1 is 0.833 bits per heavy atom. The van der Waals surface area contributed by atoms with Crippen molar-refractivity contribution < 1.29 is 4.48 Å². The van der Waals surface area contributed by atoms with Gasteiger partial charge in [0.05, 0.1) is 28.2 Å². The average Bonchev–Trinajstić information content (AvgIpc) is 0.722. The minimum atomic E-state index is 0. The first-order valence-corrected chi connectivity index (χ1v) is 1.79. The molecule has 6 heavy (non-hydrogen) atoms. The van der Waals surface area contributed by atoms with E-state index in [0.29, 0.717) is 0 Å². The van der Waals surface area contributed by atoms with E-state index in [-0.39, 0.29) is 7.43 Å². The molecule has 0 rings (SSSR count). The van der Waals surface area contributed by atoms with Gasteiger partial charge in [0.15, 0.2) is 0 Å². The van der Waals surface area contributed by atoms with Gasteiger partial charge in [-0.1, -0.05) is 7.43 Å². The van der Waals surface area contributed by atoms with E-state index in [2.05, 4.69) is 28.2 Å². The molecule has 0 bridgehead atoms. The summed E-state index contributed by atoms with van der Waals surface area (Å²) < 4.78 is 1.00. The number of rotatable bonds is 0. The van der Waals surface area contributed by atoms with Crippen LogP contribution in [0.15, 0.2) is 0 Å². The van der Waals surface area contributed by atoms with Gasteiger partial charge in [-0.3, -0.25) is 0 Å². The van der Waals surface area contributed by atoms with Gasteiger partial charge in [-0.25, -0.2) is 0 Å². The predicted octanol–water partition coefficient (Wildman–Crippen LogP) is 0.773. The molecule has 0 aliphatic rings. The first kappa shape index (κ1) is 9.35. The van der Waals surface area contributed by atoms with Gasteiger partial charge in [-0.15, -0.1) is 0 Å². The normalized spacial score (nSPS) is 10.0. The fraction of sp³-hybridized carbons (Fsp3) is 0.800. The standard InChI is InChI=1S/C4H12N.CH3/c1-5(2,3)4;/h1-4H3;1H3/q+1;. The molecule has 0 unspecified atom stereocenters. The second kappa shape index (κ2) is 2.19. The molecule has 0 aromatic carbocycles. The second-order valence-corrected chi connectivity index (χ2v) is 2.68. The number of hydrogen-bond acceptors (Lipinski definition) is 0. The summed E-state index contributed by atoms with van der Waals surface area (Å²) in [6.45, 7) is 0. The molecule has 1 radical (unpaired) electrons. The maximum absolute atomic E-state index is 2.12. The molecule has 0 saturated carbocycles. The zero-order chi connectivity index (χ0) is 4.50. The highest BCUT2D eigenvalue weighted by Gasteiger charge is 1.88. The molecule has 1 heteroatoms. The molecule has 0 aromatic rings. The molecule has 0 atom stereocenters. The van der Waals surface area contributed by atoms with Gasteiger partial charge in [0.1, 0.15) is 0 Å². The van der Waals surface area contributed by atoms with Gasteiger partial charge in [-0.05, 0) is 0 Å². The molecule has 0 N–H and O–H groups in total. The third kappa shape index (κ3) is 21700. The smallest absolute Gasteiger partial charge is 0.0675 e. The lowest BCUT2D eigenvalue weighted by atomic mass is 10.8. The van der Waals surface area contributed by atoms with Crippen molar-refractivity contribution in [1.29, 1.82) is 0 Å². The van der Waals surface area contributed by atoms with E-state index in [4.69, 9.17) is 0 Å². The van der Waals surface area contributed by atoms with Crippen LogP contribution in [-0.2, 0) is 0 Å². The van der Waals surface area contributed by atoms with Crippen LogP contribution in [0, 0.1) is 7.43 Å². The molecule has 0 fully saturated rings. The van der Waals surface area contributed by atoms with Crippen LogP contribution in [-0.4, -0.2) is 32.7 Å². The maximum atomic E-state index is 2.12. The molecule has 0 heterocycles. The van der Waals surface area contributed by atoms with Gasteiger partial charge in [0.2, 0.25) is 0 Å². The summed E-state index contributed by atoms with van der Waals surface area (Å²) in [6, 6.07) is 0. The maximum Gasteiger partial charge on any atom is 0.0675 e. The SMILES string of the molecule is C[N+](C)(C)C.[CH3]. The Morgan fingerprint density at radius 2 is 0.833 bits per heavy atom. The Labute approximate surface area is 41.2 Å². The van der Waals surface area contributed by atoms with E-state index in [0.717, 1.165) is 4.48 Å². The van der Waals surface area contributed by atoms with E-state index in [1.165, 1.54) is 0 Å². The van der Waals surface area contributed by atoms with Crippen molar-refractivity contribution in [1.82, 2.24) is 0 Å². The van der Waals surface area contributed by atoms with Crippen LogP contribution in [0.4, 0.5) is 0 Å². The van der Waals surface area contributed by atoms with E-state index >= 15 is 0 Å². The van der Waals surface area contributed by atoms with Gasteiger partial charge >= 0.3 is 0 Å². The van der Waals surface area contributed by atoms with E-state index < -0.39 is 0 Å². The van der Waals surface area contributed by atoms with Crippen LogP contribution < -0.4 is 0 Å². The third-order valence-electron chi connectivity index (χ3n) is 0. The molecule has 0 saturated heterocycles. The summed E-state index contributed by atoms with van der Waals surface area (Å²) in [5.74, 6) is 0. The first-order valence-electron chi connectivity index (χ1n) is 1.79. The highest BCUT2D eigenvalue weighted by molar-refractivity contribution is 3.87. The monoisotopic (exact) mass is 89.1 g/mol. The summed E-state index contributed by atoms with van der Waals surface area (Å²) in [7, 11) is 8.50. The predicted molar refractivity (Wildman–Crippen MR) is 30.4 cm³/mol. The van der Waals surface area contributed by atoms with Crippen LogP contribution in [0.1, 0.15) is 0 Å². The fourth-order valence-corrected chi connectivity index (χ4v) is 0. The van der Waals surface area contributed by atoms with E-state index in [1.54, 1.807) is 0 Å². The lowest BCUT2D eigenvalue weighted by molar-refractivity contribution is -0.849. The van der Waals surface area contributed by atoms with Crippen LogP contribution in [0.3, 0.4) is 0 Å². The summed E-state index contributed by atoms with van der Waals surface area (Å²) in [6.07, 6.45) is 0. The van der Waals surface area contributed by atoms with Gasteiger partial charge in [0, 0.05) is 0 Å². The van der Waals surface area contributed by atoms with Crippen LogP contribution in [0.5, 0.6) is 0 Å². The second-order valence-electron chi connectivity index (χ2n) is 2.68. The van der Waals surface area contributed by atoms with Gasteiger partial charge in [-0.2, -0.15) is 0 Å². The summed E-state index contributed by atoms with van der Waals surface area (Å²) in [5.41, 5.74) is 0. The van der Waals surface area contributed by atoms with Crippen molar-refractivity contribution in [3.63, 3.8) is 0 Å². The Morgan fingerprint density at radius 3 is 0.833 bits per heavy atom. The Hall–Kier alpha value is -0.0400. The quantitative estimate of drug-likeness (QED) is 0.385. The topological polar surface area (TPSA) is 0 Å². The molecule has 0 amide bonds. The number of nitrogens with zero attached hydrogens (tertiary/aromatic N) is 1. The average molecular weight is 89.2 g/mol. The molecular weight excluding hydrogens is 74.1 g/mol. The fourth-order valence-electron chi connectivity index (χ4n) is 0. The van der Waals surface area contributed by atoms with Crippen LogP contribution in [0.25, 0.3) is 0 Å². The molecule has 0 aliphatic heterocycles. The first-order chi connectivity index (χ1) is 2.00. The molecule has 1 nitrogen and oxygen atoms in total. The van der Waals surface area contributed by atoms with Crippen molar-refractivity contribution >= 4 is 0 Å². The Bertz CT molecular complexity index is 19.4. The third-order valence-corrected chi connectivity index (χ3v) is 0. The zero-order valence-electron chi connectivity index (χ0n) is 5.45. The molecule has 0 aliphatic carbocycles. The lowest BCUT2D eigenvalue weighted by Crippen LogP contribution is -2.27. The van der Waals surface area contributed by atoms with E-state index in [1.807, 2.05) is 0 Å². The summed E-state index contributed by atoms with van der Waals surface area (Å²) >= 11 is 0. The van der Waals surface area contributed by atoms with Crippen molar-refractivity contribution in [3.05, 3.63) is 7.43 Å². The Balaban J connectivity index is 0. The van der Waals surface area contributed by atoms with Crippen molar-refractivity contribution in [3.8, 4) is 0 Å². The highest BCUT2D eigenvalue weighted by atomic mass is 15.2. The van der Waals surface area contributed by atoms with E-state index in [9.17, 15) is 0 Å². The van der Waals surface area contributed by atoms with Gasteiger partial charge < -0.3 is 4.48 Å². The number of quaternary nitrogens is 1. The van der Waals surface area contributed by atoms with Crippen molar-refractivity contribution in [2.45, 2.75) is 0 Å². The van der Waals surface area contributed by atoms with Crippen molar-refractivity contribution in [2.24, 2.45) is 0 Å². The highest BCUT2D eigenvalue weighted by Crippen LogP contribution is 1.73. The molecule has 0 aromatic heterocycles. The summed E-state index contributed by atoms with van der Waals surface area (Å²) in [4.78, 5) is 0. The minimum Gasteiger partial charge on any atom is -0.333 e. The lowest BCUT2D eigenvalue weighted by Gasteiger charge is -2.14. The zero-order valence-corrected chi connectivity index (χ0v) is 5.45. The van der Waals surface area contributed by atoms with Crippen molar-refractivity contribution in [2.75, 3.05) is 28.2 Å². The summed E-state index contributed by atoms with van der Waals surface area (Å²) in [5, 5.41) is 0. The van der Waals surface area contributed by atoms with Crippen LogP contribution >= 0.6 is 0 Å². The molecule has 39 valence electrons. The Kier molecular flexibility index (Phi) is 3.41. The molecular formula is C5H15N+. The minimum absolute atomic E-state index is 0. The number of hydrogen-bond donors (Lipinski definition) is 0. The molecule has 0 spiro atoms. The van der Waals surface area contributed by atoms with Gasteiger partial charge in [0.25, 0.3) is 0 Å².